The Morgan fingerprint density at radius 1 is 1.07 bits per heavy atom. The molecule has 0 bridgehead atoms. The Morgan fingerprint density at radius 3 is 2.41 bits per heavy atom. The van der Waals surface area contributed by atoms with Gasteiger partial charge in [0.15, 0.2) is 5.65 Å². The fourth-order valence-corrected chi connectivity index (χ4v) is 4.87. The number of nitrogens with zero attached hydrogens (tertiary/aromatic N) is 8. The summed E-state index contributed by atoms with van der Waals surface area (Å²) >= 11 is 6.81. The van der Waals surface area contributed by atoms with Gasteiger partial charge in [0, 0.05) is 60.0 Å². The second-order valence-electron chi connectivity index (χ2n) is 9.60. The molecular formula is C28H29ClN10O2. The molecule has 0 spiro atoms. The van der Waals surface area contributed by atoms with E-state index in [0.29, 0.717) is 45.4 Å². The lowest BCUT2D eigenvalue weighted by Crippen LogP contribution is -2.22. The molecule has 0 aliphatic carbocycles. The van der Waals surface area contributed by atoms with Gasteiger partial charge in [0.05, 0.1) is 18.0 Å². The first kappa shape index (κ1) is 27.7. The van der Waals surface area contributed by atoms with E-state index in [1.807, 2.05) is 32.9 Å². The molecule has 0 fully saturated rings. The highest BCUT2D eigenvalue weighted by molar-refractivity contribution is 6.32. The molecule has 5 rings (SSSR count). The SMILES string of the molecule is CCOc1c(C(C)n2nc(-c3cnc(N)nc3)c3c(N)ncnc32)cc(Cl)c(C)c1-c1ccc(C(=O)N(C)C)nc1. The summed E-state index contributed by atoms with van der Waals surface area (Å²) in [5, 5.41) is 5.99. The van der Waals surface area contributed by atoms with E-state index in [4.69, 9.17) is 32.9 Å². The summed E-state index contributed by atoms with van der Waals surface area (Å²) in [4.78, 5) is 35.2. The third kappa shape index (κ3) is 4.97. The van der Waals surface area contributed by atoms with Crippen molar-refractivity contribution in [2.45, 2.75) is 26.8 Å². The summed E-state index contributed by atoms with van der Waals surface area (Å²) in [5.74, 6) is 0.851. The van der Waals surface area contributed by atoms with Crippen LogP contribution in [0, 0.1) is 6.92 Å². The molecule has 1 unspecified atom stereocenters. The smallest absolute Gasteiger partial charge is 0.271 e. The molecule has 13 heteroatoms. The second-order valence-corrected chi connectivity index (χ2v) is 10.0. The average molecular weight is 573 g/mol. The zero-order chi connectivity index (χ0) is 29.4. The molecule has 12 nitrogen and oxygen atoms in total. The van der Waals surface area contributed by atoms with Gasteiger partial charge in [-0.25, -0.2) is 24.6 Å². The molecule has 4 heterocycles. The summed E-state index contributed by atoms with van der Waals surface area (Å²) in [6, 6.07) is 5.00. The Hall–Kier alpha value is -4.84. The van der Waals surface area contributed by atoms with Crippen molar-refractivity contribution in [3.63, 3.8) is 0 Å². The highest BCUT2D eigenvalue weighted by Crippen LogP contribution is 2.44. The molecule has 0 saturated heterocycles. The Labute approximate surface area is 241 Å². The molecule has 210 valence electrons. The van der Waals surface area contributed by atoms with Crippen molar-refractivity contribution in [1.29, 1.82) is 0 Å². The van der Waals surface area contributed by atoms with E-state index in [1.54, 1.807) is 43.4 Å². The topological polar surface area (TPSA) is 164 Å². The number of ether oxygens (including phenoxy) is 1. The molecular weight excluding hydrogens is 544 g/mol. The van der Waals surface area contributed by atoms with Crippen LogP contribution in [-0.4, -0.2) is 66.2 Å². The number of hydrogen-bond donors (Lipinski definition) is 2. The molecule has 1 amide bonds. The lowest BCUT2D eigenvalue weighted by atomic mass is 9.94. The fourth-order valence-electron chi connectivity index (χ4n) is 4.66. The number of pyridine rings is 1. The maximum absolute atomic E-state index is 12.4. The van der Waals surface area contributed by atoms with Gasteiger partial charge in [0.25, 0.3) is 5.91 Å². The summed E-state index contributed by atoms with van der Waals surface area (Å²) in [5.41, 5.74) is 17.1. The molecule has 0 saturated carbocycles. The summed E-state index contributed by atoms with van der Waals surface area (Å²) in [6.45, 7) is 6.21. The van der Waals surface area contributed by atoms with E-state index < -0.39 is 6.04 Å². The first-order valence-corrected chi connectivity index (χ1v) is 13.2. The number of hydrogen-bond acceptors (Lipinski definition) is 10. The van der Waals surface area contributed by atoms with Crippen LogP contribution in [-0.2, 0) is 0 Å². The van der Waals surface area contributed by atoms with E-state index in [-0.39, 0.29) is 17.7 Å². The second kappa shape index (κ2) is 11.0. The van der Waals surface area contributed by atoms with Gasteiger partial charge >= 0.3 is 0 Å². The Morgan fingerprint density at radius 2 is 1.78 bits per heavy atom. The molecule has 41 heavy (non-hydrogen) atoms. The summed E-state index contributed by atoms with van der Waals surface area (Å²) < 4.78 is 8.02. The van der Waals surface area contributed by atoms with E-state index in [1.165, 1.54) is 11.2 Å². The third-order valence-corrected chi connectivity index (χ3v) is 7.14. The minimum atomic E-state index is -0.406. The van der Waals surface area contributed by atoms with E-state index >= 15 is 0 Å². The van der Waals surface area contributed by atoms with Crippen LogP contribution in [0.5, 0.6) is 5.75 Å². The lowest BCUT2D eigenvalue weighted by Gasteiger charge is -2.23. The van der Waals surface area contributed by atoms with Crippen molar-refractivity contribution >= 4 is 40.3 Å². The Bertz CT molecular complexity index is 1750. The summed E-state index contributed by atoms with van der Waals surface area (Å²) in [7, 11) is 3.37. The van der Waals surface area contributed by atoms with Crippen molar-refractivity contribution in [2.75, 3.05) is 32.2 Å². The highest BCUT2D eigenvalue weighted by Gasteiger charge is 2.27. The van der Waals surface area contributed by atoms with Gasteiger partial charge in [-0.2, -0.15) is 5.10 Å². The van der Waals surface area contributed by atoms with Crippen LogP contribution < -0.4 is 16.2 Å². The Balaban J connectivity index is 1.70. The molecule has 1 aromatic carbocycles. The first-order valence-electron chi connectivity index (χ1n) is 12.8. The number of carbonyl (C=O) groups excluding carboxylic acids is 1. The first-order chi connectivity index (χ1) is 19.6. The van der Waals surface area contributed by atoms with Crippen molar-refractivity contribution in [2.24, 2.45) is 0 Å². The van der Waals surface area contributed by atoms with Crippen molar-refractivity contribution in [3.8, 4) is 28.1 Å². The number of carbonyl (C=O) groups is 1. The number of anilines is 2. The predicted molar refractivity (Wildman–Crippen MR) is 158 cm³/mol. The number of aromatic nitrogens is 7. The molecule has 0 aliphatic heterocycles. The maximum Gasteiger partial charge on any atom is 0.271 e. The average Bonchev–Trinajstić information content (AvgIpc) is 3.36. The quantitative estimate of drug-likeness (QED) is 0.289. The zero-order valence-electron chi connectivity index (χ0n) is 23.3. The Kier molecular flexibility index (Phi) is 7.41. The summed E-state index contributed by atoms with van der Waals surface area (Å²) in [6.07, 6.45) is 6.21. The third-order valence-electron chi connectivity index (χ3n) is 6.75. The van der Waals surface area contributed by atoms with Gasteiger partial charge in [0.2, 0.25) is 5.95 Å². The monoisotopic (exact) mass is 572 g/mol. The van der Waals surface area contributed by atoms with Gasteiger partial charge < -0.3 is 21.1 Å². The minimum absolute atomic E-state index is 0.145. The van der Waals surface area contributed by atoms with Crippen LogP contribution in [0.1, 0.15) is 41.5 Å². The van der Waals surface area contributed by atoms with Gasteiger partial charge in [-0.3, -0.25) is 9.78 Å². The van der Waals surface area contributed by atoms with Crippen LogP contribution >= 0.6 is 11.6 Å². The number of halogens is 1. The number of amides is 1. The highest BCUT2D eigenvalue weighted by atomic mass is 35.5. The number of nitrogens with two attached hydrogens (primary N) is 2. The van der Waals surface area contributed by atoms with Crippen molar-refractivity contribution in [1.82, 2.24) is 39.6 Å². The van der Waals surface area contributed by atoms with Crippen LogP contribution in [0.4, 0.5) is 11.8 Å². The van der Waals surface area contributed by atoms with Gasteiger partial charge in [-0.05, 0) is 38.5 Å². The zero-order valence-corrected chi connectivity index (χ0v) is 24.0. The lowest BCUT2D eigenvalue weighted by molar-refractivity contribution is 0.0822. The van der Waals surface area contributed by atoms with Crippen LogP contribution in [0.2, 0.25) is 5.02 Å². The standard InChI is InChI=1S/C28H29ClN10O2/c1-6-41-24-18(9-19(29)14(2)21(24)16-7-8-20(32-10-16)27(40)38(4)5)15(3)39-26-22(25(30)35-13-36-26)23(37-39)17-11-33-28(31)34-12-17/h7-13,15H,6H2,1-5H3,(H2,30,35,36)(H2,31,33,34). The van der Waals surface area contributed by atoms with Crippen LogP contribution in [0.25, 0.3) is 33.4 Å². The van der Waals surface area contributed by atoms with Gasteiger partial charge in [0.1, 0.15) is 29.3 Å². The molecule has 0 aliphatic rings. The molecule has 0 radical (unpaired) electrons. The van der Waals surface area contributed by atoms with E-state index in [0.717, 1.165) is 22.3 Å². The molecule has 1 atom stereocenters. The largest absolute Gasteiger partial charge is 0.493 e. The number of nitrogen functional groups attached to an aromatic ring is 2. The van der Waals surface area contributed by atoms with Crippen LogP contribution in [0.3, 0.4) is 0 Å². The van der Waals surface area contributed by atoms with Crippen molar-refractivity contribution in [3.05, 3.63) is 65.0 Å². The van der Waals surface area contributed by atoms with Gasteiger partial charge in [-0.15, -0.1) is 0 Å². The van der Waals surface area contributed by atoms with Crippen molar-refractivity contribution < 1.29 is 9.53 Å². The number of benzene rings is 1. The van der Waals surface area contributed by atoms with Crippen LogP contribution in [0.15, 0.2) is 43.1 Å². The molecule has 4 N–H and O–H groups in total. The predicted octanol–water partition coefficient (Wildman–Crippen LogP) is 4.18. The molecule has 5 aromatic rings. The number of rotatable bonds is 7. The van der Waals surface area contributed by atoms with Gasteiger partial charge in [-0.1, -0.05) is 17.7 Å². The van der Waals surface area contributed by atoms with E-state index in [9.17, 15) is 4.79 Å². The van der Waals surface area contributed by atoms with E-state index in [2.05, 4.69) is 24.9 Å². The normalized spacial score (nSPS) is 12.0. The molecule has 4 aromatic heterocycles. The fraction of sp³-hybridized carbons (Fsp3) is 0.250. The number of fused-ring (bicyclic) bond motifs is 1. The minimum Gasteiger partial charge on any atom is -0.493 e. The maximum atomic E-state index is 12.4.